The molecule has 1 aromatic carbocycles. The van der Waals surface area contributed by atoms with E-state index >= 15 is 0 Å². The van der Waals surface area contributed by atoms with E-state index in [-0.39, 0.29) is 52.4 Å². The Morgan fingerprint density at radius 1 is 1.24 bits per heavy atom. The van der Waals surface area contributed by atoms with Crippen LogP contribution < -0.4 is 15.4 Å². The molecule has 2 heterocycles. The first-order valence-electron chi connectivity index (χ1n) is 11.1. The number of nitrogens with one attached hydrogen (secondary N) is 2. The Bertz CT molecular complexity index is 1270. The average molecular weight is 587 g/mol. The molecule has 4 N–H and O–H groups in total. The number of amides is 1. The van der Waals surface area contributed by atoms with Crippen LogP contribution in [0.15, 0.2) is 22.8 Å². The summed E-state index contributed by atoms with van der Waals surface area (Å²) in [6.45, 7) is -1.38. The molecule has 0 saturated carbocycles. The van der Waals surface area contributed by atoms with Crippen molar-refractivity contribution in [3.63, 3.8) is 0 Å². The number of carbonyl (C=O) groups is 2. The molecule has 0 aliphatic rings. The fourth-order valence-corrected chi connectivity index (χ4v) is 4.10. The first kappa shape index (κ1) is 28.0. The Kier molecular flexibility index (Phi) is 9.52. The van der Waals surface area contributed by atoms with Crippen LogP contribution in [0.3, 0.4) is 0 Å². The first-order valence-corrected chi connectivity index (χ1v) is 11.9. The number of hydrogen-bond acceptors (Lipinski definition) is 9. The number of aromatic carboxylic acids is 1. The average Bonchev–Trinajstić information content (AvgIpc) is 3.15. The number of nitrogens with zero attached hydrogens (tertiary/aromatic N) is 4. The minimum atomic E-state index is -3.18. The van der Waals surface area contributed by atoms with E-state index in [0.29, 0.717) is 23.9 Å². The number of carbonyl (C=O) groups excluding carboxylic acids is 1. The minimum absolute atomic E-state index is 0.0751. The highest BCUT2D eigenvalue weighted by Crippen LogP contribution is 2.31. The number of fused-ring (bicyclic) bond motifs is 1. The Balaban J connectivity index is 2.14. The molecule has 0 spiro atoms. The molecule has 1 amide bonds. The van der Waals surface area contributed by atoms with Gasteiger partial charge < -0.3 is 25.0 Å². The van der Waals surface area contributed by atoms with Crippen molar-refractivity contribution < 1.29 is 38.1 Å². The number of halogens is 3. The summed E-state index contributed by atoms with van der Waals surface area (Å²) in [5.74, 6) is -1.43. The number of aliphatic hydroxyl groups excluding tert-OH is 1. The molecule has 12 nitrogen and oxygen atoms in total. The molecule has 0 aliphatic heterocycles. The SMILES string of the molecule is CCC[C@@H](CCO)Nc1nc(NC(=O)OC)nc2c(Br)nn(Cc3ccc(C(=O)O)cc3OC(F)F)c12. The number of benzene rings is 1. The second-order valence-electron chi connectivity index (χ2n) is 7.81. The lowest BCUT2D eigenvalue weighted by atomic mass is 10.1. The van der Waals surface area contributed by atoms with E-state index in [1.54, 1.807) is 0 Å². The fraction of sp³-hybridized carbons (Fsp3) is 0.409. The minimum Gasteiger partial charge on any atom is -0.478 e. The second kappa shape index (κ2) is 12.6. The van der Waals surface area contributed by atoms with Gasteiger partial charge in [0.1, 0.15) is 16.8 Å². The molecular weight excluding hydrogens is 562 g/mol. The first-order chi connectivity index (χ1) is 17.7. The third-order valence-electron chi connectivity index (χ3n) is 5.25. The monoisotopic (exact) mass is 586 g/mol. The number of methoxy groups -OCH3 is 1. The largest absolute Gasteiger partial charge is 0.478 e. The van der Waals surface area contributed by atoms with Crippen molar-refractivity contribution in [2.45, 2.75) is 45.4 Å². The van der Waals surface area contributed by atoms with Crippen LogP contribution in [0.5, 0.6) is 5.75 Å². The highest BCUT2D eigenvalue weighted by Gasteiger charge is 2.22. The van der Waals surface area contributed by atoms with Gasteiger partial charge in [-0.05, 0) is 40.9 Å². The molecule has 15 heteroatoms. The van der Waals surface area contributed by atoms with Gasteiger partial charge in [-0.3, -0.25) is 10.00 Å². The van der Waals surface area contributed by atoms with Crippen LogP contribution in [0.2, 0.25) is 0 Å². The van der Waals surface area contributed by atoms with Crippen molar-refractivity contribution in [1.82, 2.24) is 19.7 Å². The second-order valence-corrected chi connectivity index (χ2v) is 8.56. The molecule has 37 heavy (non-hydrogen) atoms. The van der Waals surface area contributed by atoms with Crippen LogP contribution in [0, 0.1) is 0 Å². The number of aromatic nitrogens is 4. The summed E-state index contributed by atoms with van der Waals surface area (Å²) in [6.07, 6.45) is 1.13. The molecule has 0 unspecified atom stereocenters. The van der Waals surface area contributed by atoms with Crippen molar-refractivity contribution >= 4 is 50.8 Å². The van der Waals surface area contributed by atoms with Crippen LogP contribution in [0.1, 0.15) is 42.1 Å². The molecule has 0 bridgehead atoms. The van der Waals surface area contributed by atoms with Gasteiger partial charge in [-0.25, -0.2) is 14.6 Å². The van der Waals surface area contributed by atoms with Gasteiger partial charge in [0.05, 0.1) is 19.2 Å². The summed E-state index contributed by atoms with van der Waals surface area (Å²) < 4.78 is 37.0. The van der Waals surface area contributed by atoms with Gasteiger partial charge in [0.15, 0.2) is 10.4 Å². The van der Waals surface area contributed by atoms with Crippen molar-refractivity contribution in [3.8, 4) is 5.75 Å². The van der Waals surface area contributed by atoms with Crippen molar-refractivity contribution in [2.75, 3.05) is 24.4 Å². The van der Waals surface area contributed by atoms with Gasteiger partial charge in [-0.15, -0.1) is 0 Å². The number of carboxylic acid groups (broad SMARTS) is 1. The summed E-state index contributed by atoms with van der Waals surface area (Å²) in [4.78, 5) is 31.8. The Hall–Kier alpha value is -3.59. The highest BCUT2D eigenvalue weighted by molar-refractivity contribution is 9.10. The molecule has 1 atom stereocenters. The van der Waals surface area contributed by atoms with Gasteiger partial charge in [0, 0.05) is 18.2 Å². The molecule has 3 aromatic rings. The fourth-order valence-electron chi connectivity index (χ4n) is 3.63. The molecule has 2 aromatic heterocycles. The smallest absolute Gasteiger partial charge is 0.413 e. The third-order valence-corrected chi connectivity index (χ3v) is 5.79. The van der Waals surface area contributed by atoms with Crippen LogP contribution in [-0.2, 0) is 11.3 Å². The molecule has 0 saturated heterocycles. The number of aliphatic hydroxyl groups is 1. The molecule has 200 valence electrons. The third kappa shape index (κ3) is 7.01. The number of carboxylic acids is 1. The Morgan fingerprint density at radius 3 is 2.62 bits per heavy atom. The van der Waals surface area contributed by atoms with E-state index in [0.717, 1.165) is 12.5 Å². The number of ether oxygens (including phenoxy) is 2. The number of alkyl halides is 2. The molecule has 0 radical (unpaired) electrons. The van der Waals surface area contributed by atoms with Crippen molar-refractivity contribution in [3.05, 3.63) is 33.9 Å². The van der Waals surface area contributed by atoms with E-state index in [1.165, 1.54) is 23.9 Å². The van der Waals surface area contributed by atoms with Gasteiger partial charge in [-0.2, -0.15) is 18.9 Å². The number of anilines is 2. The summed E-state index contributed by atoms with van der Waals surface area (Å²) in [6, 6.07) is 3.45. The van der Waals surface area contributed by atoms with E-state index in [9.17, 15) is 28.6 Å². The lowest BCUT2D eigenvalue weighted by molar-refractivity contribution is -0.0505. The molecule has 0 aliphatic carbocycles. The summed E-state index contributed by atoms with van der Waals surface area (Å²) in [7, 11) is 1.19. The number of rotatable bonds is 12. The predicted octanol–water partition coefficient (Wildman–Crippen LogP) is 4.08. The zero-order valence-corrected chi connectivity index (χ0v) is 21.5. The summed E-state index contributed by atoms with van der Waals surface area (Å²) in [5.41, 5.74) is 0.667. The van der Waals surface area contributed by atoms with E-state index in [1.807, 2.05) is 6.92 Å². The van der Waals surface area contributed by atoms with E-state index < -0.39 is 18.7 Å². The topological polar surface area (TPSA) is 161 Å². The summed E-state index contributed by atoms with van der Waals surface area (Å²) in [5, 5.41) is 28.8. The highest BCUT2D eigenvalue weighted by atomic mass is 79.9. The lowest BCUT2D eigenvalue weighted by Gasteiger charge is -2.19. The molecule has 3 rings (SSSR count). The maximum absolute atomic E-state index is 13.1. The van der Waals surface area contributed by atoms with Gasteiger partial charge in [0.25, 0.3) is 0 Å². The summed E-state index contributed by atoms with van der Waals surface area (Å²) >= 11 is 3.34. The van der Waals surface area contributed by atoms with Gasteiger partial charge in [0.2, 0.25) is 5.95 Å². The lowest BCUT2D eigenvalue weighted by Crippen LogP contribution is -2.23. The number of hydrogen-bond donors (Lipinski definition) is 4. The van der Waals surface area contributed by atoms with Gasteiger partial charge in [-0.1, -0.05) is 19.4 Å². The normalized spacial score (nSPS) is 12.0. The molecular formula is C22H25BrF2N6O6. The quantitative estimate of drug-likeness (QED) is 0.243. The molecule has 0 fully saturated rings. The zero-order valence-electron chi connectivity index (χ0n) is 19.9. The van der Waals surface area contributed by atoms with Crippen molar-refractivity contribution in [2.24, 2.45) is 0 Å². The van der Waals surface area contributed by atoms with Crippen LogP contribution in [0.4, 0.5) is 25.3 Å². The zero-order chi connectivity index (χ0) is 27.1. The van der Waals surface area contributed by atoms with Crippen LogP contribution in [-0.4, -0.2) is 68.4 Å². The van der Waals surface area contributed by atoms with Gasteiger partial charge >= 0.3 is 18.7 Å². The maximum atomic E-state index is 13.1. The van der Waals surface area contributed by atoms with Crippen LogP contribution >= 0.6 is 15.9 Å². The Labute approximate surface area is 218 Å². The standard InChI is InChI=1S/C22H25BrF2N6O6/c1-3-4-13(7-8-32)26-18-16-15(27-21(28-18)29-22(35)36-2)17(23)30-31(16)10-12-6-5-11(19(33)34)9-14(12)37-20(24)25/h5-6,9,13,20,32H,3-4,7-8,10H2,1-2H3,(H,33,34)(H2,26,27,28,29,35)/t13-/m0/s1. The maximum Gasteiger partial charge on any atom is 0.413 e. The van der Waals surface area contributed by atoms with E-state index in [2.05, 4.69) is 51.1 Å². The van der Waals surface area contributed by atoms with Crippen LogP contribution in [0.25, 0.3) is 11.0 Å². The Morgan fingerprint density at radius 2 is 2.00 bits per heavy atom. The van der Waals surface area contributed by atoms with E-state index in [4.69, 9.17) is 0 Å². The van der Waals surface area contributed by atoms with Crippen molar-refractivity contribution in [1.29, 1.82) is 0 Å². The predicted molar refractivity (Wildman–Crippen MR) is 132 cm³/mol.